The molecule has 0 bridgehead atoms. The minimum Gasteiger partial charge on any atom is -0.328 e. The summed E-state index contributed by atoms with van der Waals surface area (Å²) in [4.78, 5) is 32.9. The molecule has 0 spiro atoms. The summed E-state index contributed by atoms with van der Waals surface area (Å²) >= 11 is 7.58. The van der Waals surface area contributed by atoms with Crippen LogP contribution in [0, 0.1) is 5.92 Å². The molecule has 0 saturated carbocycles. The molecular formula is C26H25ClN4O2S. The number of amides is 2. The largest absolute Gasteiger partial charge is 0.328 e. The van der Waals surface area contributed by atoms with Gasteiger partial charge in [0, 0.05) is 29.0 Å². The van der Waals surface area contributed by atoms with Crippen LogP contribution >= 0.6 is 22.9 Å². The molecule has 0 fully saturated rings. The minimum absolute atomic E-state index is 0.0714. The first kappa shape index (κ1) is 23.7. The zero-order chi connectivity index (χ0) is 24.1. The van der Waals surface area contributed by atoms with Crippen molar-refractivity contribution in [1.29, 1.82) is 0 Å². The second-order valence-electron chi connectivity index (χ2n) is 8.27. The van der Waals surface area contributed by atoms with Crippen LogP contribution in [0.4, 0.5) is 5.95 Å². The normalized spacial score (nSPS) is 10.9. The van der Waals surface area contributed by atoms with Crippen molar-refractivity contribution in [3.8, 4) is 16.9 Å². The Morgan fingerprint density at radius 1 is 1.09 bits per heavy atom. The molecule has 0 aliphatic rings. The van der Waals surface area contributed by atoms with E-state index in [1.165, 1.54) is 11.3 Å². The number of nitrogens with zero attached hydrogens (tertiary/aromatic N) is 3. The molecule has 2 aromatic heterocycles. The number of carbonyl (C=O) groups is 2. The van der Waals surface area contributed by atoms with Gasteiger partial charge in [-0.2, -0.15) is 0 Å². The molecule has 34 heavy (non-hydrogen) atoms. The summed E-state index contributed by atoms with van der Waals surface area (Å²) in [6, 6.07) is 20.7. The fourth-order valence-electron chi connectivity index (χ4n) is 3.59. The zero-order valence-electron chi connectivity index (χ0n) is 18.9. The summed E-state index contributed by atoms with van der Waals surface area (Å²) in [5.74, 6) is 0.107. The van der Waals surface area contributed by atoms with Crippen LogP contribution < -0.4 is 5.32 Å². The number of anilines is 1. The Morgan fingerprint density at radius 3 is 2.56 bits per heavy atom. The summed E-state index contributed by atoms with van der Waals surface area (Å²) in [6.45, 7) is 4.44. The van der Waals surface area contributed by atoms with E-state index in [0.29, 0.717) is 28.1 Å². The Hall–Kier alpha value is -3.42. The third-order valence-corrected chi connectivity index (χ3v) is 6.15. The molecule has 0 aliphatic heterocycles. The molecular weight excluding hydrogens is 468 g/mol. The third-order valence-electron chi connectivity index (χ3n) is 5.05. The number of hydrogen-bond donors (Lipinski definition) is 1. The summed E-state index contributed by atoms with van der Waals surface area (Å²) in [5.41, 5.74) is 2.41. The summed E-state index contributed by atoms with van der Waals surface area (Å²) in [6.07, 6.45) is 1.86. The SMILES string of the molecule is CC(C)CN(CC(=O)Nc1nc(-c2ccccc2)cn1-c1cccc(Cl)c1)C(=O)c1cccs1. The molecule has 2 heterocycles. The van der Waals surface area contributed by atoms with Crippen molar-refractivity contribution in [2.75, 3.05) is 18.4 Å². The maximum Gasteiger partial charge on any atom is 0.264 e. The lowest BCUT2D eigenvalue weighted by Crippen LogP contribution is -2.40. The van der Waals surface area contributed by atoms with E-state index >= 15 is 0 Å². The van der Waals surface area contributed by atoms with Gasteiger partial charge in [-0.05, 0) is 35.6 Å². The van der Waals surface area contributed by atoms with Crippen LogP contribution in [0.3, 0.4) is 0 Å². The molecule has 0 saturated heterocycles. The third kappa shape index (κ3) is 5.73. The van der Waals surface area contributed by atoms with Gasteiger partial charge in [-0.1, -0.05) is 67.9 Å². The summed E-state index contributed by atoms with van der Waals surface area (Å²) in [7, 11) is 0. The first-order chi connectivity index (χ1) is 16.4. The van der Waals surface area contributed by atoms with Crippen molar-refractivity contribution in [3.63, 3.8) is 0 Å². The van der Waals surface area contributed by atoms with Gasteiger partial charge in [-0.25, -0.2) is 4.98 Å². The number of benzene rings is 2. The van der Waals surface area contributed by atoms with E-state index in [0.717, 1.165) is 11.3 Å². The minimum atomic E-state index is -0.320. The first-order valence-corrected chi connectivity index (χ1v) is 12.2. The molecule has 0 unspecified atom stereocenters. The van der Waals surface area contributed by atoms with Crippen molar-refractivity contribution in [2.24, 2.45) is 5.92 Å². The van der Waals surface area contributed by atoms with Gasteiger partial charge in [0.15, 0.2) is 0 Å². The van der Waals surface area contributed by atoms with Crippen molar-refractivity contribution >= 4 is 40.7 Å². The van der Waals surface area contributed by atoms with Crippen molar-refractivity contribution in [2.45, 2.75) is 13.8 Å². The predicted octanol–water partition coefficient (Wildman–Crippen LogP) is 5.99. The summed E-state index contributed by atoms with van der Waals surface area (Å²) < 4.78 is 1.79. The van der Waals surface area contributed by atoms with Crippen molar-refractivity contribution < 1.29 is 9.59 Å². The molecule has 8 heteroatoms. The molecule has 2 aromatic carbocycles. The van der Waals surface area contributed by atoms with E-state index in [9.17, 15) is 9.59 Å². The van der Waals surface area contributed by atoms with Gasteiger partial charge in [0.2, 0.25) is 11.9 Å². The van der Waals surface area contributed by atoms with Crippen molar-refractivity contribution in [3.05, 3.63) is 88.2 Å². The highest BCUT2D eigenvalue weighted by Gasteiger charge is 2.22. The lowest BCUT2D eigenvalue weighted by molar-refractivity contribution is -0.117. The molecule has 0 atom stereocenters. The molecule has 4 aromatic rings. The van der Waals surface area contributed by atoms with Gasteiger partial charge in [0.05, 0.1) is 10.6 Å². The Kier molecular flexibility index (Phi) is 7.45. The second kappa shape index (κ2) is 10.7. The molecule has 2 amide bonds. The van der Waals surface area contributed by atoms with Gasteiger partial charge in [-0.15, -0.1) is 11.3 Å². The number of rotatable bonds is 8. The van der Waals surface area contributed by atoms with Crippen LogP contribution in [0.15, 0.2) is 78.3 Å². The molecule has 174 valence electrons. The number of hydrogen-bond acceptors (Lipinski definition) is 4. The monoisotopic (exact) mass is 492 g/mol. The number of nitrogens with one attached hydrogen (secondary N) is 1. The number of aromatic nitrogens is 2. The smallest absolute Gasteiger partial charge is 0.264 e. The first-order valence-electron chi connectivity index (χ1n) is 10.9. The highest BCUT2D eigenvalue weighted by atomic mass is 35.5. The van der Waals surface area contributed by atoms with E-state index in [4.69, 9.17) is 11.6 Å². The lowest BCUT2D eigenvalue weighted by atomic mass is 10.2. The van der Waals surface area contributed by atoms with Crippen LogP contribution in [0.2, 0.25) is 5.02 Å². The molecule has 0 aliphatic carbocycles. The molecule has 6 nitrogen and oxygen atoms in total. The summed E-state index contributed by atoms with van der Waals surface area (Å²) in [5, 5.41) is 5.33. The van der Waals surface area contributed by atoms with Crippen LogP contribution in [0.1, 0.15) is 23.5 Å². The Morgan fingerprint density at radius 2 is 1.88 bits per heavy atom. The van der Waals surface area contributed by atoms with Crippen LogP contribution in [0.5, 0.6) is 0 Å². The quantitative estimate of drug-likeness (QED) is 0.328. The zero-order valence-corrected chi connectivity index (χ0v) is 20.5. The molecule has 4 rings (SSSR count). The van der Waals surface area contributed by atoms with E-state index in [1.807, 2.05) is 74.0 Å². The van der Waals surface area contributed by atoms with E-state index in [-0.39, 0.29) is 24.3 Å². The van der Waals surface area contributed by atoms with Crippen LogP contribution in [-0.4, -0.2) is 39.4 Å². The standard InChI is InChI=1S/C26H25ClN4O2S/c1-18(2)15-30(25(33)23-12-7-13-34-23)17-24(32)29-26-28-22(19-8-4-3-5-9-19)16-31(26)21-11-6-10-20(27)14-21/h3-14,16,18H,15,17H2,1-2H3,(H,28,29,32). The maximum absolute atomic E-state index is 13.1. The molecule has 0 radical (unpaired) electrons. The Labute approximate surface area is 207 Å². The highest BCUT2D eigenvalue weighted by Crippen LogP contribution is 2.25. The fourth-order valence-corrected chi connectivity index (χ4v) is 4.47. The number of imidazole rings is 1. The van der Waals surface area contributed by atoms with Crippen molar-refractivity contribution in [1.82, 2.24) is 14.5 Å². The molecule has 1 N–H and O–H groups in total. The number of carbonyl (C=O) groups excluding carboxylic acids is 2. The average Bonchev–Trinajstić information content (AvgIpc) is 3.49. The van der Waals surface area contributed by atoms with E-state index in [1.54, 1.807) is 27.7 Å². The lowest BCUT2D eigenvalue weighted by Gasteiger charge is -2.23. The highest BCUT2D eigenvalue weighted by molar-refractivity contribution is 7.12. The van der Waals surface area contributed by atoms with Gasteiger partial charge >= 0.3 is 0 Å². The van der Waals surface area contributed by atoms with Gasteiger partial charge in [0.1, 0.15) is 6.54 Å². The van der Waals surface area contributed by atoms with Gasteiger partial charge in [0.25, 0.3) is 5.91 Å². The Bertz CT molecular complexity index is 1270. The van der Waals surface area contributed by atoms with Gasteiger partial charge < -0.3 is 4.90 Å². The topological polar surface area (TPSA) is 67.2 Å². The Balaban J connectivity index is 1.61. The fraction of sp³-hybridized carbons (Fsp3) is 0.192. The van der Waals surface area contributed by atoms with Crippen LogP contribution in [0.25, 0.3) is 16.9 Å². The van der Waals surface area contributed by atoms with Crippen LogP contribution in [-0.2, 0) is 4.79 Å². The maximum atomic E-state index is 13.1. The van der Waals surface area contributed by atoms with E-state index in [2.05, 4.69) is 10.3 Å². The number of thiophene rings is 1. The number of halogens is 1. The van der Waals surface area contributed by atoms with E-state index < -0.39 is 0 Å². The predicted molar refractivity (Wildman–Crippen MR) is 138 cm³/mol. The van der Waals surface area contributed by atoms with Gasteiger partial charge in [-0.3, -0.25) is 19.5 Å². The average molecular weight is 493 g/mol. The second-order valence-corrected chi connectivity index (χ2v) is 9.65.